The van der Waals surface area contributed by atoms with Gasteiger partial charge in [-0.2, -0.15) is 0 Å². The van der Waals surface area contributed by atoms with E-state index in [2.05, 4.69) is 9.97 Å². The molecule has 4 rings (SSSR count). The Morgan fingerprint density at radius 1 is 1.27 bits per heavy atom. The van der Waals surface area contributed by atoms with Crippen LogP contribution in [0.5, 0.6) is 0 Å². The van der Waals surface area contributed by atoms with E-state index in [-0.39, 0.29) is 11.2 Å². The third kappa shape index (κ3) is 3.35. The number of rotatable bonds is 5. The molecule has 0 fully saturated rings. The molecule has 1 aromatic carbocycles. The minimum absolute atomic E-state index is 0.123. The van der Waals surface area contributed by atoms with Gasteiger partial charge < -0.3 is 4.90 Å². The predicted octanol–water partition coefficient (Wildman–Crippen LogP) is 4.32. The Balaban J connectivity index is 1.52. The van der Waals surface area contributed by atoms with Gasteiger partial charge in [0.05, 0.1) is 5.25 Å². The molecule has 0 bridgehead atoms. The number of thioether (sulfide) groups is 1. The summed E-state index contributed by atoms with van der Waals surface area (Å²) in [7, 11) is 1.87. The molecule has 0 N–H and O–H groups in total. The number of aryl methyl sites for hydroxylation is 2. The molecule has 0 unspecified atom stereocenters. The maximum Gasteiger partial charge on any atom is 0.235 e. The van der Waals surface area contributed by atoms with Crippen LogP contribution in [-0.2, 0) is 24.2 Å². The van der Waals surface area contributed by atoms with E-state index < -0.39 is 0 Å². The Morgan fingerprint density at radius 3 is 2.88 bits per heavy atom. The van der Waals surface area contributed by atoms with Crippen molar-refractivity contribution in [2.45, 2.75) is 43.0 Å². The second kappa shape index (κ2) is 7.37. The smallest absolute Gasteiger partial charge is 0.235 e. The first-order valence-electron chi connectivity index (χ1n) is 8.84. The van der Waals surface area contributed by atoms with Crippen LogP contribution in [0.15, 0.2) is 41.7 Å². The number of carbonyl (C=O) groups excluding carboxylic acids is 1. The van der Waals surface area contributed by atoms with Crippen LogP contribution >= 0.6 is 23.1 Å². The molecule has 2 aromatic heterocycles. The predicted molar refractivity (Wildman–Crippen MR) is 108 cm³/mol. The molecule has 4 nitrogen and oxygen atoms in total. The fourth-order valence-corrected chi connectivity index (χ4v) is 5.81. The maximum atomic E-state index is 12.8. The van der Waals surface area contributed by atoms with Crippen molar-refractivity contribution in [2.24, 2.45) is 0 Å². The number of thiophene rings is 1. The average Bonchev–Trinajstić information content (AvgIpc) is 3.23. The summed E-state index contributed by atoms with van der Waals surface area (Å²) in [6, 6.07) is 10.1. The molecule has 1 atom stereocenters. The van der Waals surface area contributed by atoms with Crippen molar-refractivity contribution in [1.29, 1.82) is 0 Å². The van der Waals surface area contributed by atoms with Gasteiger partial charge in [0.2, 0.25) is 5.91 Å². The van der Waals surface area contributed by atoms with E-state index in [0.29, 0.717) is 6.54 Å². The summed E-state index contributed by atoms with van der Waals surface area (Å²) < 4.78 is 0. The van der Waals surface area contributed by atoms with E-state index in [1.54, 1.807) is 34.3 Å². The van der Waals surface area contributed by atoms with Gasteiger partial charge in [0, 0.05) is 23.9 Å². The molecule has 0 spiro atoms. The zero-order valence-corrected chi connectivity index (χ0v) is 16.6. The molecule has 134 valence electrons. The zero-order valence-electron chi connectivity index (χ0n) is 14.9. The number of nitrogens with zero attached hydrogens (tertiary/aromatic N) is 3. The number of hydrogen-bond acceptors (Lipinski definition) is 5. The van der Waals surface area contributed by atoms with Crippen LogP contribution in [0.25, 0.3) is 10.2 Å². The lowest BCUT2D eigenvalue weighted by Crippen LogP contribution is -2.32. The Morgan fingerprint density at radius 2 is 2.08 bits per heavy atom. The van der Waals surface area contributed by atoms with Crippen molar-refractivity contribution < 1.29 is 4.79 Å². The van der Waals surface area contributed by atoms with Gasteiger partial charge in [-0.15, -0.1) is 11.3 Å². The second-order valence-electron chi connectivity index (χ2n) is 6.66. The van der Waals surface area contributed by atoms with Crippen molar-refractivity contribution in [3.05, 3.63) is 52.7 Å². The van der Waals surface area contributed by atoms with Crippen molar-refractivity contribution in [1.82, 2.24) is 14.9 Å². The highest BCUT2D eigenvalue weighted by Gasteiger charge is 2.25. The fraction of sp³-hybridized carbons (Fsp3) is 0.350. The van der Waals surface area contributed by atoms with Gasteiger partial charge in [-0.25, -0.2) is 9.97 Å². The summed E-state index contributed by atoms with van der Waals surface area (Å²) in [5.74, 6) is 0.123. The van der Waals surface area contributed by atoms with Crippen molar-refractivity contribution in [3.63, 3.8) is 0 Å². The van der Waals surface area contributed by atoms with E-state index in [0.717, 1.165) is 28.3 Å². The largest absolute Gasteiger partial charge is 0.340 e. The van der Waals surface area contributed by atoms with Crippen LogP contribution in [0.2, 0.25) is 0 Å². The van der Waals surface area contributed by atoms with Gasteiger partial charge in [0.1, 0.15) is 16.2 Å². The summed E-state index contributed by atoms with van der Waals surface area (Å²) >= 11 is 3.34. The highest BCUT2D eigenvalue weighted by molar-refractivity contribution is 8.00. The maximum absolute atomic E-state index is 12.8. The van der Waals surface area contributed by atoms with Crippen LogP contribution in [0.4, 0.5) is 0 Å². The molecule has 0 aliphatic heterocycles. The molecule has 26 heavy (non-hydrogen) atoms. The second-order valence-corrected chi connectivity index (χ2v) is 9.07. The molecular formula is C20H21N3OS2. The average molecular weight is 384 g/mol. The van der Waals surface area contributed by atoms with Crippen LogP contribution in [0.1, 0.15) is 29.3 Å². The molecule has 0 saturated carbocycles. The first kappa shape index (κ1) is 17.5. The van der Waals surface area contributed by atoms with E-state index in [9.17, 15) is 4.79 Å². The number of aromatic nitrogens is 2. The Hall–Kier alpha value is -1.92. The van der Waals surface area contributed by atoms with Crippen LogP contribution in [0.3, 0.4) is 0 Å². The summed E-state index contributed by atoms with van der Waals surface area (Å²) in [4.78, 5) is 26.1. The lowest BCUT2D eigenvalue weighted by atomic mass is 10.2. The van der Waals surface area contributed by atoms with Gasteiger partial charge >= 0.3 is 0 Å². The van der Waals surface area contributed by atoms with Gasteiger partial charge in [0.15, 0.2) is 0 Å². The summed E-state index contributed by atoms with van der Waals surface area (Å²) in [5.41, 5.74) is 2.55. The topological polar surface area (TPSA) is 46.1 Å². The molecule has 6 heteroatoms. The number of amides is 1. The summed E-state index contributed by atoms with van der Waals surface area (Å²) in [5, 5.41) is 1.95. The Bertz CT molecular complexity index is 939. The Labute approximate surface area is 161 Å². The lowest BCUT2D eigenvalue weighted by Gasteiger charge is -2.21. The van der Waals surface area contributed by atoms with Gasteiger partial charge in [0.25, 0.3) is 0 Å². The van der Waals surface area contributed by atoms with Crippen molar-refractivity contribution >= 4 is 39.2 Å². The quantitative estimate of drug-likeness (QED) is 0.486. The van der Waals surface area contributed by atoms with Gasteiger partial charge in [-0.3, -0.25) is 4.79 Å². The van der Waals surface area contributed by atoms with Crippen LogP contribution < -0.4 is 0 Å². The highest BCUT2D eigenvalue weighted by atomic mass is 32.2. The van der Waals surface area contributed by atoms with Crippen molar-refractivity contribution in [2.75, 3.05) is 7.05 Å². The fourth-order valence-electron chi connectivity index (χ4n) is 3.45. The summed E-state index contributed by atoms with van der Waals surface area (Å²) in [6.45, 7) is 2.59. The van der Waals surface area contributed by atoms with Crippen LogP contribution in [0, 0.1) is 0 Å². The zero-order chi connectivity index (χ0) is 18.1. The first-order chi connectivity index (χ1) is 12.6. The van der Waals surface area contributed by atoms with Gasteiger partial charge in [-0.05, 0) is 37.3 Å². The SMILES string of the molecule is C[C@@H](Sc1ncnc2sc3c(c12)CCC3)C(=O)N(C)Cc1ccccc1. The normalized spacial score (nSPS) is 14.4. The molecule has 0 radical (unpaired) electrons. The van der Waals surface area contributed by atoms with Crippen molar-refractivity contribution in [3.8, 4) is 0 Å². The first-order valence-corrected chi connectivity index (χ1v) is 10.5. The third-order valence-corrected chi connectivity index (χ3v) is 7.03. The standard InChI is InChI=1S/C20H21N3OS2/c1-13(20(24)23(2)11-14-7-4-3-5-8-14)25-18-17-15-9-6-10-16(15)26-19(17)22-12-21-18/h3-5,7-8,12-13H,6,9-11H2,1-2H3/t13-/m1/s1. The van der Waals surface area contributed by atoms with Crippen LogP contribution in [-0.4, -0.2) is 33.1 Å². The Kier molecular flexibility index (Phi) is 4.96. The monoisotopic (exact) mass is 383 g/mol. The van der Waals surface area contributed by atoms with E-state index in [1.165, 1.54) is 22.2 Å². The number of carbonyl (C=O) groups is 1. The molecule has 3 aromatic rings. The highest BCUT2D eigenvalue weighted by Crippen LogP contribution is 2.40. The molecular weight excluding hydrogens is 362 g/mol. The number of benzene rings is 1. The van der Waals surface area contributed by atoms with E-state index in [4.69, 9.17) is 0 Å². The minimum atomic E-state index is -0.182. The van der Waals surface area contributed by atoms with E-state index in [1.807, 2.05) is 44.3 Å². The molecule has 2 heterocycles. The molecule has 1 amide bonds. The molecule has 1 aliphatic carbocycles. The number of hydrogen-bond donors (Lipinski definition) is 0. The van der Waals surface area contributed by atoms with E-state index >= 15 is 0 Å². The molecule has 0 saturated heterocycles. The summed E-state index contributed by atoms with van der Waals surface area (Å²) in [6.07, 6.45) is 5.09. The van der Waals surface area contributed by atoms with Gasteiger partial charge in [-0.1, -0.05) is 42.1 Å². The third-order valence-electron chi connectivity index (χ3n) is 4.74. The molecule has 1 aliphatic rings. The minimum Gasteiger partial charge on any atom is -0.340 e. The number of fused-ring (bicyclic) bond motifs is 3. The lowest BCUT2D eigenvalue weighted by molar-refractivity contribution is -0.129.